The van der Waals surface area contributed by atoms with E-state index in [4.69, 9.17) is 9.84 Å². The summed E-state index contributed by atoms with van der Waals surface area (Å²) in [6.45, 7) is 2.60. The highest BCUT2D eigenvalue weighted by atomic mass is 16.6. The van der Waals surface area contributed by atoms with Crippen LogP contribution in [0.3, 0.4) is 0 Å². The summed E-state index contributed by atoms with van der Waals surface area (Å²) in [5, 5.41) is 12.2. The van der Waals surface area contributed by atoms with Crippen molar-refractivity contribution in [2.45, 2.75) is 25.6 Å². The Morgan fingerprint density at radius 1 is 1.40 bits per heavy atom. The van der Waals surface area contributed by atoms with Gasteiger partial charge in [0, 0.05) is 19.1 Å². The smallest absolute Gasteiger partial charge is 0.410 e. The van der Waals surface area contributed by atoms with Crippen LogP contribution in [0.2, 0.25) is 0 Å². The number of nitrogens with zero attached hydrogens (tertiary/aromatic N) is 1. The predicted octanol–water partition coefficient (Wildman–Crippen LogP) is 1.07. The lowest BCUT2D eigenvalue weighted by Crippen LogP contribution is -2.60. The number of amides is 1. The van der Waals surface area contributed by atoms with Gasteiger partial charge in [-0.1, -0.05) is 30.3 Å². The van der Waals surface area contributed by atoms with E-state index in [2.05, 4.69) is 5.32 Å². The monoisotopic (exact) mass is 278 g/mol. The summed E-state index contributed by atoms with van der Waals surface area (Å²) < 4.78 is 5.19. The standard InChI is InChI=1S/C14H18N2O4/c1-10-8-16(12(7-15-10)13(17)18)14(19)20-9-11-5-3-2-4-6-11/h2-6,10,12,15H,7-9H2,1H3,(H,17,18)/t10-,12-/m1/s1. The van der Waals surface area contributed by atoms with E-state index in [0.29, 0.717) is 6.54 Å². The molecule has 0 aromatic heterocycles. The van der Waals surface area contributed by atoms with E-state index in [1.165, 1.54) is 4.90 Å². The molecule has 6 nitrogen and oxygen atoms in total. The number of hydrogen-bond donors (Lipinski definition) is 2. The molecule has 1 aliphatic heterocycles. The fourth-order valence-corrected chi connectivity index (χ4v) is 2.13. The Labute approximate surface area is 117 Å². The van der Waals surface area contributed by atoms with Crippen molar-refractivity contribution < 1.29 is 19.4 Å². The second-order valence-electron chi connectivity index (χ2n) is 4.86. The number of carboxylic acid groups (broad SMARTS) is 1. The van der Waals surface area contributed by atoms with E-state index in [-0.39, 0.29) is 19.2 Å². The lowest BCUT2D eigenvalue weighted by molar-refractivity contribution is -0.143. The number of ether oxygens (including phenoxy) is 1. The minimum absolute atomic E-state index is 0.0508. The van der Waals surface area contributed by atoms with Crippen LogP contribution in [0.4, 0.5) is 4.79 Å². The van der Waals surface area contributed by atoms with Crippen LogP contribution in [0.1, 0.15) is 12.5 Å². The van der Waals surface area contributed by atoms with Gasteiger partial charge in [0.05, 0.1) is 0 Å². The highest BCUT2D eigenvalue weighted by Gasteiger charge is 2.35. The maximum absolute atomic E-state index is 12.0. The van der Waals surface area contributed by atoms with Gasteiger partial charge in [-0.25, -0.2) is 9.59 Å². The molecule has 1 heterocycles. The normalized spacial score (nSPS) is 22.4. The molecule has 0 spiro atoms. The van der Waals surface area contributed by atoms with Crippen molar-refractivity contribution in [2.24, 2.45) is 0 Å². The van der Waals surface area contributed by atoms with Crippen LogP contribution in [-0.4, -0.2) is 47.2 Å². The molecular weight excluding hydrogens is 260 g/mol. The highest BCUT2D eigenvalue weighted by Crippen LogP contribution is 2.11. The van der Waals surface area contributed by atoms with Crippen molar-refractivity contribution >= 4 is 12.1 Å². The number of benzene rings is 1. The van der Waals surface area contributed by atoms with Crippen LogP contribution in [0.15, 0.2) is 30.3 Å². The third-order valence-electron chi connectivity index (χ3n) is 3.23. The first-order valence-electron chi connectivity index (χ1n) is 6.51. The summed E-state index contributed by atoms with van der Waals surface area (Å²) in [4.78, 5) is 24.5. The van der Waals surface area contributed by atoms with Crippen LogP contribution in [0, 0.1) is 0 Å². The number of carbonyl (C=O) groups excluding carboxylic acids is 1. The van der Waals surface area contributed by atoms with E-state index < -0.39 is 18.1 Å². The molecule has 108 valence electrons. The number of piperazine rings is 1. The first kappa shape index (κ1) is 14.3. The Balaban J connectivity index is 1.97. The molecule has 6 heteroatoms. The molecule has 0 radical (unpaired) electrons. The zero-order valence-electron chi connectivity index (χ0n) is 11.3. The molecule has 1 aromatic carbocycles. The molecule has 1 saturated heterocycles. The quantitative estimate of drug-likeness (QED) is 0.864. The Kier molecular flexibility index (Phi) is 4.57. The molecular formula is C14H18N2O4. The van der Waals surface area contributed by atoms with Crippen LogP contribution >= 0.6 is 0 Å². The summed E-state index contributed by atoms with van der Waals surface area (Å²) in [6, 6.07) is 8.46. The molecule has 1 aromatic rings. The fraction of sp³-hybridized carbons (Fsp3) is 0.429. The van der Waals surface area contributed by atoms with Gasteiger partial charge in [0.1, 0.15) is 12.6 Å². The third kappa shape index (κ3) is 3.48. The second-order valence-corrected chi connectivity index (χ2v) is 4.86. The average Bonchev–Trinajstić information content (AvgIpc) is 2.45. The van der Waals surface area contributed by atoms with Crippen molar-refractivity contribution in [3.05, 3.63) is 35.9 Å². The summed E-state index contributed by atoms with van der Waals surface area (Å²) in [7, 11) is 0. The highest BCUT2D eigenvalue weighted by molar-refractivity contribution is 5.80. The van der Waals surface area contributed by atoms with Crippen LogP contribution in [0.5, 0.6) is 0 Å². The molecule has 1 aliphatic rings. The molecule has 0 unspecified atom stereocenters. The van der Waals surface area contributed by atoms with Crippen molar-refractivity contribution in [3.63, 3.8) is 0 Å². The predicted molar refractivity (Wildman–Crippen MR) is 72.2 cm³/mol. The van der Waals surface area contributed by atoms with Gasteiger partial charge in [0.15, 0.2) is 0 Å². The number of aliphatic carboxylic acids is 1. The van der Waals surface area contributed by atoms with Crippen LogP contribution in [0.25, 0.3) is 0 Å². The summed E-state index contributed by atoms with van der Waals surface area (Å²) in [6.07, 6.45) is -0.588. The minimum atomic E-state index is -1.03. The Morgan fingerprint density at radius 3 is 2.75 bits per heavy atom. The Hall–Kier alpha value is -2.08. The van der Waals surface area contributed by atoms with Gasteiger partial charge < -0.3 is 15.2 Å². The first-order valence-corrected chi connectivity index (χ1v) is 6.51. The molecule has 1 amide bonds. The third-order valence-corrected chi connectivity index (χ3v) is 3.23. The van der Waals surface area contributed by atoms with Crippen molar-refractivity contribution in [1.82, 2.24) is 10.2 Å². The molecule has 0 saturated carbocycles. The van der Waals surface area contributed by atoms with E-state index >= 15 is 0 Å². The SMILES string of the molecule is C[C@@H]1CN(C(=O)OCc2ccccc2)[C@@H](C(=O)O)CN1. The fourth-order valence-electron chi connectivity index (χ4n) is 2.13. The zero-order valence-corrected chi connectivity index (χ0v) is 11.3. The molecule has 2 atom stereocenters. The average molecular weight is 278 g/mol. The van der Waals surface area contributed by atoms with Gasteiger partial charge in [-0.05, 0) is 12.5 Å². The number of carbonyl (C=O) groups is 2. The van der Waals surface area contributed by atoms with E-state index in [9.17, 15) is 9.59 Å². The number of carboxylic acids is 1. The zero-order chi connectivity index (χ0) is 14.5. The van der Waals surface area contributed by atoms with Crippen molar-refractivity contribution in [3.8, 4) is 0 Å². The molecule has 20 heavy (non-hydrogen) atoms. The van der Waals surface area contributed by atoms with E-state index in [1.807, 2.05) is 37.3 Å². The van der Waals surface area contributed by atoms with Gasteiger partial charge in [-0.15, -0.1) is 0 Å². The van der Waals surface area contributed by atoms with Crippen LogP contribution in [-0.2, 0) is 16.1 Å². The van der Waals surface area contributed by atoms with Gasteiger partial charge in [0.2, 0.25) is 0 Å². The molecule has 0 bridgehead atoms. The van der Waals surface area contributed by atoms with Gasteiger partial charge >= 0.3 is 12.1 Å². The number of nitrogens with one attached hydrogen (secondary N) is 1. The van der Waals surface area contributed by atoms with Gasteiger partial charge in [-0.3, -0.25) is 4.90 Å². The van der Waals surface area contributed by atoms with Gasteiger partial charge in [0.25, 0.3) is 0 Å². The maximum Gasteiger partial charge on any atom is 0.410 e. The lowest BCUT2D eigenvalue weighted by atomic mass is 10.1. The van der Waals surface area contributed by atoms with Crippen molar-refractivity contribution in [1.29, 1.82) is 0 Å². The largest absolute Gasteiger partial charge is 0.480 e. The Morgan fingerprint density at radius 2 is 2.10 bits per heavy atom. The molecule has 1 fully saturated rings. The summed E-state index contributed by atoms with van der Waals surface area (Å²) in [5.74, 6) is -1.03. The van der Waals surface area contributed by atoms with E-state index in [1.54, 1.807) is 0 Å². The number of rotatable bonds is 3. The molecule has 2 rings (SSSR count). The Bertz CT molecular complexity index is 477. The lowest BCUT2D eigenvalue weighted by Gasteiger charge is -2.36. The van der Waals surface area contributed by atoms with Crippen LogP contribution < -0.4 is 5.32 Å². The minimum Gasteiger partial charge on any atom is -0.480 e. The van der Waals surface area contributed by atoms with Crippen molar-refractivity contribution in [2.75, 3.05) is 13.1 Å². The molecule has 0 aliphatic carbocycles. The first-order chi connectivity index (χ1) is 9.58. The van der Waals surface area contributed by atoms with Gasteiger partial charge in [-0.2, -0.15) is 0 Å². The second kappa shape index (κ2) is 6.38. The number of hydrogen-bond acceptors (Lipinski definition) is 4. The summed E-state index contributed by atoms with van der Waals surface area (Å²) in [5.41, 5.74) is 0.871. The topological polar surface area (TPSA) is 78.9 Å². The summed E-state index contributed by atoms with van der Waals surface area (Å²) >= 11 is 0. The molecule has 2 N–H and O–H groups in total. The maximum atomic E-state index is 12.0. The van der Waals surface area contributed by atoms with E-state index in [0.717, 1.165) is 5.56 Å².